The standard InChI is InChI=1S/C12H10FNO3/c1-6-10(12(16)17)11(15)8-5-7(13)3-4-9(8)14(6)2/h3-5H,1-2H3,(H,16,17). The minimum absolute atomic E-state index is 0.0792. The van der Waals surface area contributed by atoms with Gasteiger partial charge < -0.3 is 9.67 Å². The normalized spacial score (nSPS) is 10.8. The molecule has 0 aliphatic heterocycles. The van der Waals surface area contributed by atoms with Crippen molar-refractivity contribution in [3.8, 4) is 0 Å². The number of aryl methyl sites for hydroxylation is 1. The first-order chi connectivity index (χ1) is 7.93. The van der Waals surface area contributed by atoms with E-state index in [9.17, 15) is 14.0 Å². The third-order valence-corrected chi connectivity index (χ3v) is 2.87. The number of benzene rings is 1. The SMILES string of the molecule is Cc1c(C(=O)O)c(=O)c2cc(F)ccc2n1C. The molecule has 1 aromatic heterocycles. The molecule has 5 heteroatoms. The maximum Gasteiger partial charge on any atom is 0.341 e. The third-order valence-electron chi connectivity index (χ3n) is 2.87. The zero-order valence-corrected chi connectivity index (χ0v) is 9.32. The van der Waals surface area contributed by atoms with Crippen molar-refractivity contribution in [3.05, 3.63) is 45.5 Å². The number of carbonyl (C=O) groups is 1. The van der Waals surface area contributed by atoms with Crippen LogP contribution >= 0.6 is 0 Å². The molecule has 2 aromatic rings. The van der Waals surface area contributed by atoms with Crippen LogP contribution in [0.1, 0.15) is 16.1 Å². The quantitative estimate of drug-likeness (QED) is 0.818. The third kappa shape index (κ3) is 1.60. The molecule has 0 aliphatic carbocycles. The summed E-state index contributed by atoms with van der Waals surface area (Å²) in [6.45, 7) is 1.55. The predicted molar refractivity (Wildman–Crippen MR) is 60.8 cm³/mol. The second-order valence-corrected chi connectivity index (χ2v) is 3.82. The summed E-state index contributed by atoms with van der Waals surface area (Å²) in [7, 11) is 1.64. The molecule has 17 heavy (non-hydrogen) atoms. The van der Waals surface area contributed by atoms with Crippen molar-refractivity contribution in [2.45, 2.75) is 6.92 Å². The molecule has 0 amide bonds. The van der Waals surface area contributed by atoms with Crippen LogP contribution in [0.3, 0.4) is 0 Å². The Bertz CT molecular complexity index is 688. The monoisotopic (exact) mass is 235 g/mol. The van der Waals surface area contributed by atoms with Crippen LogP contribution in [0.25, 0.3) is 10.9 Å². The molecule has 0 saturated heterocycles. The highest BCUT2D eigenvalue weighted by Gasteiger charge is 2.17. The van der Waals surface area contributed by atoms with Crippen molar-refractivity contribution in [1.29, 1.82) is 0 Å². The first-order valence-electron chi connectivity index (χ1n) is 4.95. The van der Waals surface area contributed by atoms with Crippen LogP contribution in [0.2, 0.25) is 0 Å². The van der Waals surface area contributed by atoms with Crippen LogP contribution in [-0.2, 0) is 7.05 Å². The van der Waals surface area contributed by atoms with E-state index >= 15 is 0 Å². The Morgan fingerprint density at radius 2 is 2.06 bits per heavy atom. The molecular weight excluding hydrogens is 225 g/mol. The van der Waals surface area contributed by atoms with Gasteiger partial charge in [-0.25, -0.2) is 9.18 Å². The van der Waals surface area contributed by atoms with E-state index < -0.39 is 17.2 Å². The van der Waals surface area contributed by atoms with Gasteiger partial charge in [-0.05, 0) is 25.1 Å². The summed E-state index contributed by atoms with van der Waals surface area (Å²) in [4.78, 5) is 23.0. The van der Waals surface area contributed by atoms with E-state index in [1.54, 1.807) is 18.5 Å². The molecule has 0 saturated carbocycles. The van der Waals surface area contributed by atoms with Gasteiger partial charge in [-0.1, -0.05) is 0 Å². The molecule has 0 radical (unpaired) electrons. The molecule has 4 nitrogen and oxygen atoms in total. The van der Waals surface area contributed by atoms with E-state index in [0.717, 1.165) is 6.07 Å². The van der Waals surface area contributed by atoms with E-state index in [1.165, 1.54) is 12.1 Å². The second kappa shape index (κ2) is 3.69. The highest BCUT2D eigenvalue weighted by molar-refractivity contribution is 5.94. The summed E-state index contributed by atoms with van der Waals surface area (Å²) in [6, 6.07) is 3.76. The zero-order chi connectivity index (χ0) is 12.7. The lowest BCUT2D eigenvalue weighted by atomic mass is 10.1. The van der Waals surface area contributed by atoms with Crippen LogP contribution in [0.5, 0.6) is 0 Å². The van der Waals surface area contributed by atoms with Gasteiger partial charge in [-0.15, -0.1) is 0 Å². The van der Waals surface area contributed by atoms with Crippen molar-refractivity contribution < 1.29 is 14.3 Å². The topological polar surface area (TPSA) is 59.3 Å². The Kier molecular flexibility index (Phi) is 2.46. The summed E-state index contributed by atoms with van der Waals surface area (Å²) in [5, 5.41) is 9.07. The number of hydrogen-bond donors (Lipinski definition) is 1. The van der Waals surface area contributed by atoms with Gasteiger partial charge in [0.25, 0.3) is 0 Å². The fourth-order valence-electron chi connectivity index (χ4n) is 1.88. The molecule has 88 valence electrons. The molecule has 1 heterocycles. The van der Waals surface area contributed by atoms with E-state index in [4.69, 9.17) is 5.11 Å². The fraction of sp³-hybridized carbons (Fsp3) is 0.167. The summed E-state index contributed by atoms with van der Waals surface area (Å²) in [6.07, 6.45) is 0. The smallest absolute Gasteiger partial charge is 0.341 e. The average Bonchev–Trinajstić information content (AvgIpc) is 2.26. The fourth-order valence-corrected chi connectivity index (χ4v) is 1.88. The number of nitrogens with zero attached hydrogens (tertiary/aromatic N) is 1. The van der Waals surface area contributed by atoms with Gasteiger partial charge >= 0.3 is 5.97 Å². The van der Waals surface area contributed by atoms with Gasteiger partial charge in [0.2, 0.25) is 5.43 Å². The minimum Gasteiger partial charge on any atom is -0.477 e. The maximum atomic E-state index is 13.1. The number of carboxylic acids is 1. The first-order valence-corrected chi connectivity index (χ1v) is 4.95. The summed E-state index contributed by atoms with van der Waals surface area (Å²) < 4.78 is 14.7. The molecule has 0 unspecified atom stereocenters. The van der Waals surface area contributed by atoms with E-state index in [2.05, 4.69) is 0 Å². The lowest BCUT2D eigenvalue weighted by Gasteiger charge is -2.11. The van der Waals surface area contributed by atoms with E-state index in [0.29, 0.717) is 11.2 Å². The van der Waals surface area contributed by atoms with Gasteiger partial charge in [0.05, 0.1) is 5.52 Å². The van der Waals surface area contributed by atoms with Crippen molar-refractivity contribution in [3.63, 3.8) is 0 Å². The summed E-state index contributed by atoms with van der Waals surface area (Å²) >= 11 is 0. The average molecular weight is 235 g/mol. The number of pyridine rings is 1. The Morgan fingerprint density at radius 3 is 2.65 bits per heavy atom. The minimum atomic E-state index is -1.30. The largest absolute Gasteiger partial charge is 0.477 e. The van der Waals surface area contributed by atoms with Crippen molar-refractivity contribution in [2.24, 2.45) is 7.05 Å². The number of aromatic nitrogens is 1. The molecule has 0 spiro atoms. The van der Waals surface area contributed by atoms with Crippen LogP contribution in [0, 0.1) is 12.7 Å². The maximum absolute atomic E-state index is 13.1. The molecule has 0 atom stereocenters. The Hall–Kier alpha value is -2.17. The highest BCUT2D eigenvalue weighted by atomic mass is 19.1. The van der Waals surface area contributed by atoms with E-state index in [-0.39, 0.29) is 10.9 Å². The predicted octanol–water partition coefficient (Wildman–Crippen LogP) is 1.68. The molecule has 0 aliphatic rings. The molecule has 1 N–H and O–H groups in total. The Balaban J connectivity index is 3.06. The van der Waals surface area contributed by atoms with Crippen LogP contribution in [-0.4, -0.2) is 15.6 Å². The van der Waals surface area contributed by atoms with Crippen LogP contribution < -0.4 is 5.43 Å². The number of rotatable bonds is 1. The molecule has 0 fully saturated rings. The highest BCUT2D eigenvalue weighted by Crippen LogP contribution is 2.15. The zero-order valence-electron chi connectivity index (χ0n) is 9.32. The molecule has 2 rings (SSSR count). The van der Waals surface area contributed by atoms with Gasteiger partial charge in [0.15, 0.2) is 0 Å². The van der Waals surface area contributed by atoms with Gasteiger partial charge in [0.1, 0.15) is 11.4 Å². The van der Waals surface area contributed by atoms with Gasteiger partial charge in [-0.2, -0.15) is 0 Å². The lowest BCUT2D eigenvalue weighted by Crippen LogP contribution is -2.21. The molecular formula is C12H10FNO3. The summed E-state index contributed by atoms with van der Waals surface area (Å²) in [5.74, 6) is -1.86. The van der Waals surface area contributed by atoms with Gasteiger partial charge in [-0.3, -0.25) is 4.79 Å². The second-order valence-electron chi connectivity index (χ2n) is 3.82. The molecule has 1 aromatic carbocycles. The first kappa shape index (κ1) is 11.3. The number of aromatic carboxylic acids is 1. The van der Waals surface area contributed by atoms with Crippen molar-refractivity contribution in [2.75, 3.05) is 0 Å². The van der Waals surface area contributed by atoms with Crippen molar-refractivity contribution >= 4 is 16.9 Å². The van der Waals surface area contributed by atoms with E-state index in [1.807, 2.05) is 0 Å². The number of halogens is 1. The lowest BCUT2D eigenvalue weighted by molar-refractivity contribution is 0.0694. The Labute approximate surface area is 95.9 Å². The molecule has 0 bridgehead atoms. The number of hydrogen-bond acceptors (Lipinski definition) is 2. The Morgan fingerprint density at radius 1 is 1.41 bits per heavy atom. The number of fused-ring (bicyclic) bond motifs is 1. The summed E-state index contributed by atoms with van der Waals surface area (Å²) in [5.41, 5.74) is -0.103. The van der Waals surface area contributed by atoms with Crippen LogP contribution in [0.4, 0.5) is 4.39 Å². The van der Waals surface area contributed by atoms with Gasteiger partial charge in [0, 0.05) is 18.1 Å². The number of carboxylic acid groups (broad SMARTS) is 1. The van der Waals surface area contributed by atoms with Crippen molar-refractivity contribution in [1.82, 2.24) is 4.57 Å². The van der Waals surface area contributed by atoms with Crippen LogP contribution in [0.15, 0.2) is 23.0 Å².